The molecule has 0 radical (unpaired) electrons. The van der Waals surface area contributed by atoms with E-state index >= 15 is 0 Å². The van der Waals surface area contributed by atoms with Crippen LogP contribution in [-0.4, -0.2) is 112 Å². The van der Waals surface area contributed by atoms with Crippen molar-refractivity contribution in [3.8, 4) is 5.75 Å². The number of piperidine rings is 1. The zero-order chi connectivity index (χ0) is 35.4. The maximum Gasteiger partial charge on any atom is 0.410 e. The molecule has 1 aromatic carbocycles. The van der Waals surface area contributed by atoms with Crippen molar-refractivity contribution in [2.75, 3.05) is 70.6 Å². The van der Waals surface area contributed by atoms with Gasteiger partial charge in [0.1, 0.15) is 11.4 Å². The van der Waals surface area contributed by atoms with Crippen molar-refractivity contribution in [2.24, 2.45) is 11.8 Å². The fraction of sp³-hybridized carbons (Fsp3) is 0.714. The zero-order valence-electron chi connectivity index (χ0n) is 30.1. The minimum absolute atomic E-state index is 0.0370. The number of nitrogens with one attached hydrogen (secondary N) is 1. The van der Waals surface area contributed by atoms with Crippen molar-refractivity contribution in [3.05, 3.63) is 18.2 Å². The van der Waals surface area contributed by atoms with E-state index in [9.17, 15) is 19.2 Å². The van der Waals surface area contributed by atoms with Gasteiger partial charge in [0, 0.05) is 59.3 Å². The van der Waals surface area contributed by atoms with Gasteiger partial charge in [-0.15, -0.1) is 0 Å². The number of benzene rings is 1. The first kappa shape index (κ1) is 37.4. The van der Waals surface area contributed by atoms with Gasteiger partial charge in [0.05, 0.1) is 36.3 Å². The molecule has 13 heteroatoms. The van der Waals surface area contributed by atoms with E-state index in [4.69, 9.17) is 23.7 Å². The van der Waals surface area contributed by atoms with Gasteiger partial charge in [-0.1, -0.05) is 0 Å². The van der Waals surface area contributed by atoms with Gasteiger partial charge < -0.3 is 43.7 Å². The van der Waals surface area contributed by atoms with Gasteiger partial charge >= 0.3 is 6.09 Å². The fourth-order valence-corrected chi connectivity index (χ4v) is 6.44. The highest BCUT2D eigenvalue weighted by atomic mass is 16.6. The topological polar surface area (TPSA) is 136 Å². The van der Waals surface area contributed by atoms with Crippen molar-refractivity contribution in [1.29, 1.82) is 0 Å². The number of hydrogen-bond acceptors (Lipinski definition) is 9. The van der Waals surface area contributed by atoms with Crippen LogP contribution in [-0.2, 0) is 33.3 Å². The minimum Gasteiger partial charge on any atom is -0.476 e. The molecular formula is C35H54N4O9. The summed E-state index contributed by atoms with van der Waals surface area (Å²) < 4.78 is 27.7. The van der Waals surface area contributed by atoms with Gasteiger partial charge in [0.15, 0.2) is 5.60 Å². The number of methoxy groups -OCH3 is 3. The molecule has 48 heavy (non-hydrogen) atoms. The summed E-state index contributed by atoms with van der Waals surface area (Å²) >= 11 is 0. The molecule has 0 bridgehead atoms. The minimum atomic E-state index is -1.04. The first-order chi connectivity index (χ1) is 22.5. The van der Waals surface area contributed by atoms with E-state index in [1.54, 1.807) is 71.8 Å². The smallest absolute Gasteiger partial charge is 0.410 e. The number of likely N-dealkylation sites (tertiary alicyclic amines) is 1. The van der Waals surface area contributed by atoms with Gasteiger partial charge in [-0.05, 0) is 85.4 Å². The summed E-state index contributed by atoms with van der Waals surface area (Å²) in [6.45, 7) is 12.2. The zero-order valence-corrected chi connectivity index (χ0v) is 30.1. The largest absolute Gasteiger partial charge is 0.476 e. The van der Waals surface area contributed by atoms with Crippen LogP contribution in [0.5, 0.6) is 5.75 Å². The fourth-order valence-electron chi connectivity index (χ4n) is 6.44. The quantitative estimate of drug-likeness (QED) is 0.310. The number of anilines is 2. The van der Waals surface area contributed by atoms with Crippen LogP contribution in [0, 0.1) is 11.8 Å². The van der Waals surface area contributed by atoms with Crippen LogP contribution >= 0.6 is 0 Å². The molecular weight excluding hydrogens is 620 g/mol. The Hall–Kier alpha value is -3.42. The van der Waals surface area contributed by atoms with Gasteiger partial charge in [0.2, 0.25) is 11.8 Å². The average molecular weight is 675 g/mol. The average Bonchev–Trinajstić information content (AvgIpc) is 3.83. The molecule has 2 aliphatic heterocycles. The lowest BCUT2D eigenvalue weighted by atomic mass is 9.86. The lowest BCUT2D eigenvalue weighted by Crippen LogP contribution is -2.58. The summed E-state index contributed by atoms with van der Waals surface area (Å²) in [6.07, 6.45) is 1.94. The lowest BCUT2D eigenvalue weighted by Gasteiger charge is -2.41. The molecule has 1 N–H and O–H groups in total. The molecule has 0 aromatic heterocycles. The Morgan fingerprint density at radius 1 is 1.00 bits per heavy atom. The molecule has 1 saturated carbocycles. The Balaban J connectivity index is 1.65. The predicted octanol–water partition coefficient (Wildman–Crippen LogP) is 3.76. The number of rotatable bonds is 13. The van der Waals surface area contributed by atoms with Crippen molar-refractivity contribution in [2.45, 2.75) is 90.0 Å². The van der Waals surface area contributed by atoms with E-state index in [2.05, 4.69) is 5.32 Å². The summed E-state index contributed by atoms with van der Waals surface area (Å²) in [4.78, 5) is 60.1. The van der Waals surface area contributed by atoms with Crippen molar-refractivity contribution >= 4 is 35.2 Å². The summed E-state index contributed by atoms with van der Waals surface area (Å²) in [6, 6.07) is 5.45. The number of carbonyl (C=O) groups excluding carboxylic acids is 4. The van der Waals surface area contributed by atoms with Crippen molar-refractivity contribution in [3.63, 3.8) is 0 Å². The first-order valence-corrected chi connectivity index (χ1v) is 16.8. The molecule has 2 atom stereocenters. The Morgan fingerprint density at radius 3 is 2.23 bits per heavy atom. The van der Waals surface area contributed by atoms with Crippen LogP contribution in [0.3, 0.4) is 0 Å². The van der Waals surface area contributed by atoms with Crippen molar-refractivity contribution in [1.82, 2.24) is 10.2 Å². The molecule has 4 amide bonds. The van der Waals surface area contributed by atoms with E-state index in [1.165, 1.54) is 4.90 Å². The maximum absolute atomic E-state index is 14.6. The third-order valence-corrected chi connectivity index (χ3v) is 8.69. The second-order valence-electron chi connectivity index (χ2n) is 14.9. The second kappa shape index (κ2) is 15.0. The van der Waals surface area contributed by atoms with Crippen LogP contribution < -0.4 is 19.9 Å². The van der Waals surface area contributed by atoms with E-state index in [-0.39, 0.29) is 56.5 Å². The molecule has 2 heterocycles. The van der Waals surface area contributed by atoms with E-state index in [0.29, 0.717) is 36.7 Å². The third-order valence-electron chi connectivity index (χ3n) is 8.69. The van der Waals surface area contributed by atoms with Crippen LogP contribution in [0.4, 0.5) is 16.2 Å². The number of hydrogen-bond donors (Lipinski definition) is 1. The Morgan fingerprint density at radius 2 is 1.65 bits per heavy atom. The lowest BCUT2D eigenvalue weighted by molar-refractivity contribution is -0.133. The molecule has 0 spiro atoms. The van der Waals surface area contributed by atoms with Gasteiger partial charge in [-0.2, -0.15) is 0 Å². The first-order valence-electron chi connectivity index (χ1n) is 16.8. The highest BCUT2D eigenvalue weighted by molar-refractivity contribution is 6.04. The molecule has 1 aromatic rings. The maximum atomic E-state index is 14.6. The van der Waals surface area contributed by atoms with E-state index < -0.39 is 34.7 Å². The molecule has 13 nitrogen and oxygen atoms in total. The standard InChI is InChI=1S/C35H54N4O9/c1-33(2,3)48-32(43)37-19-23(29(40)36-35(6,21-45-8)22-46-9)17-24(20-37)30(41)39(25-11-12-25)26-13-14-28-27(18-26)38(15-10-16-44-7)31(42)34(4,5)47-28/h13-14,18,23-25H,10-12,15-17,19-22H2,1-9H3,(H,36,40). The second-order valence-corrected chi connectivity index (χ2v) is 14.9. The summed E-state index contributed by atoms with van der Waals surface area (Å²) in [5.41, 5.74) is -1.37. The van der Waals surface area contributed by atoms with Crippen LogP contribution in [0.1, 0.15) is 67.2 Å². The van der Waals surface area contributed by atoms with Gasteiger partial charge in [-0.3, -0.25) is 14.4 Å². The molecule has 2 unspecified atom stereocenters. The highest BCUT2D eigenvalue weighted by Gasteiger charge is 2.45. The Bertz CT molecular complexity index is 1330. The van der Waals surface area contributed by atoms with Gasteiger partial charge in [-0.25, -0.2) is 4.79 Å². The predicted molar refractivity (Wildman–Crippen MR) is 180 cm³/mol. The monoisotopic (exact) mass is 674 g/mol. The number of ether oxygens (including phenoxy) is 5. The molecule has 268 valence electrons. The number of nitrogens with zero attached hydrogens (tertiary/aromatic N) is 3. The van der Waals surface area contributed by atoms with E-state index in [0.717, 1.165) is 12.8 Å². The van der Waals surface area contributed by atoms with Crippen LogP contribution in [0.25, 0.3) is 0 Å². The Kier molecular flexibility index (Phi) is 11.7. The van der Waals surface area contributed by atoms with E-state index in [1.807, 2.05) is 19.1 Å². The number of amides is 4. The molecule has 1 aliphatic carbocycles. The van der Waals surface area contributed by atoms with Gasteiger partial charge in [0.25, 0.3) is 5.91 Å². The van der Waals surface area contributed by atoms with Crippen LogP contribution in [0.15, 0.2) is 18.2 Å². The SMILES string of the molecule is COCCCN1C(=O)C(C)(C)Oc2ccc(N(C(=O)C3CC(C(=O)NC(C)(COC)COC)CN(C(=O)OC(C)(C)C)C3)C3CC3)cc21. The normalized spacial score (nSPS) is 20.9. The molecule has 4 rings (SSSR count). The third kappa shape index (κ3) is 8.97. The number of carbonyl (C=O) groups is 4. The Labute approximate surface area is 284 Å². The summed E-state index contributed by atoms with van der Waals surface area (Å²) in [7, 11) is 4.72. The van der Waals surface area contributed by atoms with Crippen LogP contribution in [0.2, 0.25) is 0 Å². The van der Waals surface area contributed by atoms with Crippen molar-refractivity contribution < 1.29 is 42.9 Å². The highest BCUT2D eigenvalue weighted by Crippen LogP contribution is 2.43. The summed E-state index contributed by atoms with van der Waals surface area (Å²) in [5, 5.41) is 3.05. The molecule has 2 fully saturated rings. The summed E-state index contributed by atoms with van der Waals surface area (Å²) in [5.74, 6) is -1.45. The molecule has 1 saturated heterocycles. The number of fused-ring (bicyclic) bond motifs is 1. The molecule has 3 aliphatic rings.